The van der Waals surface area contributed by atoms with E-state index in [0.29, 0.717) is 57.9 Å². The zero-order valence-electron chi connectivity index (χ0n) is 36.2. The van der Waals surface area contributed by atoms with E-state index >= 15 is 4.39 Å². The Kier molecular flexibility index (Phi) is 13.2. The van der Waals surface area contributed by atoms with Crippen LogP contribution in [0.1, 0.15) is 59.5 Å². The number of imidazole rings is 1. The average Bonchev–Trinajstić information content (AvgIpc) is 3.70. The van der Waals surface area contributed by atoms with E-state index in [-0.39, 0.29) is 35.7 Å². The minimum absolute atomic E-state index is 0.0251. The molecular formula is C45H55FN6O5SSi2. The van der Waals surface area contributed by atoms with Crippen LogP contribution in [-0.4, -0.2) is 66.4 Å². The fraction of sp³-hybridized carbons (Fsp3) is 0.356. The average molecular weight is 867 g/mol. The molecule has 60 heavy (non-hydrogen) atoms. The Morgan fingerprint density at radius 2 is 1.70 bits per heavy atom. The van der Waals surface area contributed by atoms with Crippen molar-refractivity contribution in [2.24, 2.45) is 0 Å². The molecule has 15 heteroatoms. The van der Waals surface area contributed by atoms with Gasteiger partial charge in [-0.25, -0.2) is 14.4 Å². The number of anilines is 2. The number of amides is 3. The van der Waals surface area contributed by atoms with Crippen LogP contribution < -0.4 is 15.1 Å². The van der Waals surface area contributed by atoms with Gasteiger partial charge in [-0.15, -0.1) is 0 Å². The van der Waals surface area contributed by atoms with Crippen molar-refractivity contribution >= 4 is 57.4 Å². The third-order valence-electron chi connectivity index (χ3n) is 10.9. The summed E-state index contributed by atoms with van der Waals surface area (Å²) in [7, 11) is -3.83. The van der Waals surface area contributed by atoms with Crippen LogP contribution in [0.3, 0.4) is 0 Å². The number of hydrogen-bond acceptors (Lipinski definition) is 8. The first-order valence-electron chi connectivity index (χ1n) is 20.0. The standard InChI is InChI=1S/C45H55FN6O5SSi2/c1-29(53)48-38-25-31(20-21-47-38)41-40(50-44(58-5)52(41)28-56-22-23-59(6,7)8)30-15-13-16-33(24-30)49-42(54)39-35(27-51-26-32-14-11-12-17-34(32)43(51)55)37(19-18-36(39)46)57-60(9,10)45(2,3)4/h11-21,24-25H,22-23,26-28H2,1-10H3,(H,49,54)(H,47,48,53). The number of hydrogen-bond donors (Lipinski definition) is 2. The monoisotopic (exact) mass is 866 g/mol. The van der Waals surface area contributed by atoms with Crippen molar-refractivity contribution in [2.75, 3.05) is 23.5 Å². The molecule has 5 aromatic rings. The summed E-state index contributed by atoms with van der Waals surface area (Å²) in [6.45, 7) is 20.0. The number of rotatable bonds is 15. The second-order valence-electron chi connectivity index (χ2n) is 17.8. The van der Waals surface area contributed by atoms with Crippen molar-refractivity contribution in [1.29, 1.82) is 0 Å². The number of fused-ring (bicyclic) bond motifs is 1. The second-order valence-corrected chi connectivity index (χ2v) is 28.9. The van der Waals surface area contributed by atoms with Gasteiger partial charge in [-0.2, -0.15) is 0 Å². The van der Waals surface area contributed by atoms with E-state index in [9.17, 15) is 14.4 Å². The number of carbonyl (C=O) groups excluding carboxylic acids is 3. The van der Waals surface area contributed by atoms with Gasteiger partial charge in [0.2, 0.25) is 14.2 Å². The fourth-order valence-corrected chi connectivity index (χ4v) is 9.01. The molecule has 0 saturated carbocycles. The predicted molar refractivity (Wildman–Crippen MR) is 243 cm³/mol. The van der Waals surface area contributed by atoms with Gasteiger partial charge >= 0.3 is 0 Å². The summed E-state index contributed by atoms with van der Waals surface area (Å²) in [5.74, 6) is -1.06. The van der Waals surface area contributed by atoms with E-state index in [1.807, 2.05) is 41.2 Å². The van der Waals surface area contributed by atoms with Crippen LogP contribution in [0.25, 0.3) is 22.5 Å². The molecule has 2 N–H and O–H groups in total. The minimum atomic E-state index is -2.48. The van der Waals surface area contributed by atoms with Crippen LogP contribution in [0.4, 0.5) is 15.9 Å². The fourth-order valence-electron chi connectivity index (χ4n) is 6.66. The highest BCUT2D eigenvalue weighted by molar-refractivity contribution is 7.98. The third-order valence-corrected chi connectivity index (χ3v) is 17.6. The highest BCUT2D eigenvalue weighted by Gasteiger charge is 2.40. The first-order chi connectivity index (χ1) is 28.3. The van der Waals surface area contributed by atoms with Crippen LogP contribution in [0, 0.1) is 5.82 Å². The van der Waals surface area contributed by atoms with E-state index in [4.69, 9.17) is 14.1 Å². The summed E-state index contributed by atoms with van der Waals surface area (Å²) in [4.78, 5) is 51.1. The van der Waals surface area contributed by atoms with E-state index in [0.717, 1.165) is 22.9 Å². The van der Waals surface area contributed by atoms with E-state index in [1.165, 1.54) is 24.8 Å². The molecule has 2 aromatic heterocycles. The summed E-state index contributed by atoms with van der Waals surface area (Å²) in [6, 6.07) is 22.1. The van der Waals surface area contributed by atoms with Crippen molar-refractivity contribution in [2.45, 2.75) is 96.5 Å². The first kappa shape index (κ1) is 44.5. The van der Waals surface area contributed by atoms with E-state index < -0.39 is 28.1 Å². The summed E-state index contributed by atoms with van der Waals surface area (Å²) in [5.41, 5.74) is 4.79. The number of nitrogens with one attached hydrogen (secondary N) is 2. The smallest absolute Gasteiger partial charge is 0.259 e. The molecule has 1 aliphatic rings. The molecule has 3 heterocycles. The predicted octanol–water partition coefficient (Wildman–Crippen LogP) is 10.5. The Bertz CT molecular complexity index is 2430. The molecule has 1 aliphatic heterocycles. The molecular weight excluding hydrogens is 812 g/mol. The van der Waals surface area contributed by atoms with Gasteiger partial charge in [-0.1, -0.05) is 82.5 Å². The minimum Gasteiger partial charge on any atom is -0.543 e. The number of ether oxygens (including phenoxy) is 1. The highest BCUT2D eigenvalue weighted by atomic mass is 32.2. The maximum atomic E-state index is 16.2. The van der Waals surface area contributed by atoms with E-state index in [1.54, 1.807) is 47.5 Å². The Labute approximate surface area is 358 Å². The van der Waals surface area contributed by atoms with Gasteiger partial charge in [-0.05, 0) is 78.5 Å². The van der Waals surface area contributed by atoms with Crippen molar-refractivity contribution in [1.82, 2.24) is 19.4 Å². The van der Waals surface area contributed by atoms with Gasteiger partial charge in [0.15, 0.2) is 5.16 Å². The lowest BCUT2D eigenvalue weighted by Crippen LogP contribution is -2.44. The molecule has 3 amide bonds. The Hall–Kier alpha value is -5.10. The van der Waals surface area contributed by atoms with Crippen molar-refractivity contribution in [3.8, 4) is 28.3 Å². The number of pyridine rings is 1. The van der Waals surface area contributed by atoms with Gasteiger partial charge < -0.3 is 24.7 Å². The highest BCUT2D eigenvalue weighted by Crippen LogP contribution is 2.41. The quantitative estimate of drug-likeness (QED) is 0.0605. The third kappa shape index (κ3) is 10.1. The normalized spacial score (nSPS) is 13.1. The molecule has 0 bridgehead atoms. The van der Waals surface area contributed by atoms with Crippen LogP contribution in [0.2, 0.25) is 43.8 Å². The van der Waals surface area contributed by atoms with Gasteiger partial charge in [0.1, 0.15) is 24.1 Å². The molecule has 0 radical (unpaired) electrons. The topological polar surface area (TPSA) is 128 Å². The number of thioether (sulfide) groups is 1. The van der Waals surface area contributed by atoms with Gasteiger partial charge in [-0.3, -0.25) is 19.0 Å². The van der Waals surface area contributed by atoms with E-state index in [2.05, 4.69) is 69.1 Å². The van der Waals surface area contributed by atoms with Crippen molar-refractivity contribution in [3.63, 3.8) is 0 Å². The summed E-state index contributed by atoms with van der Waals surface area (Å²) >= 11 is 1.48. The largest absolute Gasteiger partial charge is 0.543 e. The maximum Gasteiger partial charge on any atom is 0.259 e. The number of aromatic nitrogens is 3. The summed E-state index contributed by atoms with van der Waals surface area (Å²) in [6.07, 6.45) is 3.58. The molecule has 3 aromatic carbocycles. The van der Waals surface area contributed by atoms with Gasteiger partial charge in [0.05, 0.1) is 23.5 Å². The summed E-state index contributed by atoms with van der Waals surface area (Å²) < 4.78 is 31.2. The van der Waals surface area contributed by atoms with Crippen LogP contribution in [-0.2, 0) is 29.4 Å². The lowest BCUT2D eigenvalue weighted by Gasteiger charge is -2.37. The molecule has 0 saturated heterocycles. The van der Waals surface area contributed by atoms with Crippen LogP contribution in [0.5, 0.6) is 5.75 Å². The van der Waals surface area contributed by atoms with Crippen molar-refractivity contribution in [3.05, 3.63) is 107 Å². The molecule has 316 valence electrons. The molecule has 0 aliphatic carbocycles. The maximum absolute atomic E-state index is 16.2. The molecule has 0 atom stereocenters. The summed E-state index contributed by atoms with van der Waals surface area (Å²) in [5, 5.41) is 6.26. The number of nitrogens with zero attached hydrogens (tertiary/aromatic N) is 4. The number of carbonyl (C=O) groups is 3. The lowest BCUT2D eigenvalue weighted by molar-refractivity contribution is -0.114. The zero-order chi connectivity index (χ0) is 43.6. The van der Waals surface area contributed by atoms with Gasteiger partial charge in [0, 0.05) is 62.3 Å². The van der Waals surface area contributed by atoms with Crippen LogP contribution in [0.15, 0.2) is 84.1 Å². The van der Waals surface area contributed by atoms with Gasteiger partial charge in [0.25, 0.3) is 11.8 Å². The lowest BCUT2D eigenvalue weighted by atomic mass is 10.0. The Balaban J connectivity index is 1.39. The first-order valence-corrected chi connectivity index (χ1v) is 27.9. The molecule has 6 rings (SSSR count). The Morgan fingerprint density at radius 3 is 2.38 bits per heavy atom. The zero-order valence-corrected chi connectivity index (χ0v) is 39.0. The molecule has 0 unspecified atom stereocenters. The molecule has 0 fully saturated rings. The number of halogens is 1. The Morgan fingerprint density at radius 1 is 0.950 bits per heavy atom. The number of benzene rings is 3. The second kappa shape index (κ2) is 17.9. The van der Waals surface area contributed by atoms with Crippen LogP contribution >= 0.6 is 11.8 Å². The van der Waals surface area contributed by atoms with Crippen molar-refractivity contribution < 1.29 is 27.9 Å². The molecule has 11 nitrogen and oxygen atoms in total. The SMILES string of the molecule is CSc1nc(-c2cccc(NC(=O)c3c(F)ccc(O[Si](C)(C)C(C)(C)C)c3CN3Cc4ccccc4C3=O)c2)c(-c2ccnc(NC(C)=O)c2)n1COCC[Si](C)(C)C. The molecule has 0 spiro atoms.